The molecule has 8 heteroatoms. The van der Waals surface area contributed by atoms with Gasteiger partial charge in [0, 0.05) is 5.02 Å². The van der Waals surface area contributed by atoms with Crippen molar-refractivity contribution in [1.29, 1.82) is 0 Å². The lowest BCUT2D eigenvalue weighted by atomic mass is 10.2. The number of rotatable bonds is 6. The van der Waals surface area contributed by atoms with Crippen molar-refractivity contribution < 1.29 is 24.2 Å². The van der Waals surface area contributed by atoms with E-state index < -0.39 is 30.6 Å². The first-order valence-corrected chi connectivity index (χ1v) is 7.17. The lowest BCUT2D eigenvalue weighted by molar-refractivity contribution is -0.147. The number of aliphatic hydroxyl groups excluding tert-OH is 1. The Labute approximate surface area is 135 Å². The van der Waals surface area contributed by atoms with Crippen LogP contribution in [-0.2, 0) is 14.3 Å². The fraction of sp³-hybridized carbons (Fsp3) is 0.385. The van der Waals surface area contributed by atoms with Crippen molar-refractivity contribution in [2.75, 3.05) is 13.7 Å². The molecule has 6 nitrogen and oxygen atoms in total. The van der Waals surface area contributed by atoms with Crippen LogP contribution >= 0.6 is 27.5 Å². The van der Waals surface area contributed by atoms with E-state index in [9.17, 15) is 9.59 Å². The number of ether oxygens (including phenoxy) is 2. The molecule has 0 heterocycles. The van der Waals surface area contributed by atoms with E-state index in [1.165, 1.54) is 14.0 Å². The molecule has 0 fully saturated rings. The number of hydrogen-bond donors (Lipinski definition) is 2. The van der Waals surface area contributed by atoms with E-state index in [1.54, 1.807) is 18.2 Å². The molecular weight excluding hydrogens is 366 g/mol. The second kappa shape index (κ2) is 8.21. The number of benzene rings is 1. The van der Waals surface area contributed by atoms with Crippen LogP contribution in [0.4, 0.5) is 0 Å². The summed E-state index contributed by atoms with van der Waals surface area (Å²) in [5, 5.41) is 11.9. The van der Waals surface area contributed by atoms with E-state index in [0.717, 1.165) is 0 Å². The van der Waals surface area contributed by atoms with Gasteiger partial charge < -0.3 is 19.9 Å². The maximum atomic E-state index is 11.9. The molecule has 0 radical (unpaired) electrons. The van der Waals surface area contributed by atoms with Crippen LogP contribution in [0.25, 0.3) is 0 Å². The number of amides is 1. The Morgan fingerprint density at radius 1 is 1.48 bits per heavy atom. The third-order valence-corrected chi connectivity index (χ3v) is 3.41. The smallest absolute Gasteiger partial charge is 0.330 e. The molecule has 0 bridgehead atoms. The van der Waals surface area contributed by atoms with E-state index >= 15 is 0 Å². The van der Waals surface area contributed by atoms with Gasteiger partial charge in [-0.3, -0.25) is 4.79 Å². The fourth-order valence-corrected chi connectivity index (χ4v) is 2.20. The highest BCUT2D eigenvalue weighted by molar-refractivity contribution is 9.10. The molecule has 0 aliphatic carbocycles. The molecule has 0 aliphatic rings. The number of halogens is 2. The zero-order valence-corrected chi connectivity index (χ0v) is 13.8. The third kappa shape index (κ3) is 5.18. The van der Waals surface area contributed by atoms with Crippen molar-refractivity contribution in [3.8, 4) is 5.75 Å². The molecule has 1 rings (SSSR count). The monoisotopic (exact) mass is 379 g/mol. The maximum absolute atomic E-state index is 11.9. The molecule has 0 aromatic heterocycles. The van der Waals surface area contributed by atoms with E-state index in [4.69, 9.17) is 21.4 Å². The highest BCUT2D eigenvalue weighted by atomic mass is 79.9. The zero-order chi connectivity index (χ0) is 16.0. The summed E-state index contributed by atoms with van der Waals surface area (Å²) in [4.78, 5) is 23.2. The van der Waals surface area contributed by atoms with Crippen LogP contribution in [-0.4, -0.2) is 42.8 Å². The van der Waals surface area contributed by atoms with Crippen molar-refractivity contribution in [3.05, 3.63) is 27.7 Å². The first-order valence-electron chi connectivity index (χ1n) is 5.99. The number of esters is 1. The fourth-order valence-electron chi connectivity index (χ4n) is 1.43. The lowest BCUT2D eigenvalue weighted by Gasteiger charge is -2.19. The van der Waals surface area contributed by atoms with Gasteiger partial charge in [-0.1, -0.05) is 11.6 Å². The number of methoxy groups -OCH3 is 1. The molecule has 1 aromatic carbocycles. The predicted molar refractivity (Wildman–Crippen MR) is 80.3 cm³/mol. The Morgan fingerprint density at radius 3 is 2.67 bits per heavy atom. The average Bonchev–Trinajstić information content (AvgIpc) is 2.46. The average molecular weight is 381 g/mol. The molecule has 2 N–H and O–H groups in total. The van der Waals surface area contributed by atoms with E-state index in [1.807, 2.05) is 0 Å². The maximum Gasteiger partial charge on any atom is 0.330 e. The van der Waals surface area contributed by atoms with Crippen molar-refractivity contribution >= 4 is 39.4 Å². The summed E-state index contributed by atoms with van der Waals surface area (Å²) in [5.74, 6) is -0.854. The summed E-state index contributed by atoms with van der Waals surface area (Å²) in [6.07, 6.45) is -0.874. The summed E-state index contributed by atoms with van der Waals surface area (Å²) < 4.78 is 10.5. The Hall–Kier alpha value is -1.31. The Kier molecular flexibility index (Phi) is 6.94. The standard InChI is InChI=1S/C13H15BrClNO5/c1-7(12(18)16-10(6-17)13(19)20-2)21-11-4-3-8(15)5-9(11)14/h3-5,7,10,17H,6H2,1-2H3,(H,16,18)/t7-,10-/m0/s1. The lowest BCUT2D eigenvalue weighted by Crippen LogP contribution is -2.48. The molecule has 2 atom stereocenters. The Balaban J connectivity index is 2.68. The first kappa shape index (κ1) is 17.7. The quantitative estimate of drug-likeness (QED) is 0.731. The van der Waals surface area contributed by atoms with Crippen molar-refractivity contribution in [1.82, 2.24) is 5.32 Å². The molecule has 0 aliphatic heterocycles. The summed E-state index contributed by atoms with van der Waals surface area (Å²) in [5.41, 5.74) is 0. The van der Waals surface area contributed by atoms with Gasteiger partial charge in [-0.05, 0) is 41.1 Å². The second-order valence-electron chi connectivity index (χ2n) is 4.10. The van der Waals surface area contributed by atoms with Crippen LogP contribution in [0.15, 0.2) is 22.7 Å². The van der Waals surface area contributed by atoms with Gasteiger partial charge in [0.2, 0.25) is 0 Å². The van der Waals surface area contributed by atoms with Crippen molar-refractivity contribution in [2.45, 2.75) is 19.1 Å². The van der Waals surface area contributed by atoms with Gasteiger partial charge in [0.1, 0.15) is 5.75 Å². The zero-order valence-electron chi connectivity index (χ0n) is 11.4. The predicted octanol–water partition coefficient (Wildman–Crippen LogP) is 1.52. The van der Waals surface area contributed by atoms with Gasteiger partial charge in [-0.25, -0.2) is 4.79 Å². The summed E-state index contributed by atoms with van der Waals surface area (Å²) >= 11 is 9.08. The van der Waals surface area contributed by atoms with Crippen LogP contribution < -0.4 is 10.1 Å². The molecule has 21 heavy (non-hydrogen) atoms. The van der Waals surface area contributed by atoms with Crippen LogP contribution in [0.1, 0.15) is 6.92 Å². The summed E-state index contributed by atoms with van der Waals surface area (Å²) in [7, 11) is 1.17. The molecule has 0 unspecified atom stereocenters. The van der Waals surface area contributed by atoms with Crippen LogP contribution in [0, 0.1) is 0 Å². The van der Waals surface area contributed by atoms with Gasteiger partial charge in [-0.2, -0.15) is 0 Å². The summed E-state index contributed by atoms with van der Waals surface area (Å²) in [6, 6.07) is 3.74. The number of aliphatic hydroxyl groups is 1. The Bertz CT molecular complexity index is 525. The normalized spacial score (nSPS) is 13.2. The van der Waals surface area contributed by atoms with E-state index in [0.29, 0.717) is 15.2 Å². The number of carbonyl (C=O) groups excluding carboxylic acids is 2. The minimum absolute atomic E-state index is 0.431. The van der Waals surface area contributed by atoms with Gasteiger partial charge in [0.15, 0.2) is 12.1 Å². The first-order chi connectivity index (χ1) is 9.88. The third-order valence-electron chi connectivity index (χ3n) is 2.55. The number of carbonyl (C=O) groups is 2. The molecule has 0 spiro atoms. The molecule has 1 aromatic rings. The minimum atomic E-state index is -1.12. The number of nitrogens with one attached hydrogen (secondary N) is 1. The van der Waals surface area contributed by atoms with Gasteiger partial charge in [0.05, 0.1) is 18.2 Å². The highest BCUT2D eigenvalue weighted by Crippen LogP contribution is 2.28. The molecule has 1 amide bonds. The van der Waals surface area contributed by atoms with E-state index in [-0.39, 0.29) is 0 Å². The minimum Gasteiger partial charge on any atom is -0.480 e. The topological polar surface area (TPSA) is 84.9 Å². The van der Waals surface area contributed by atoms with Gasteiger partial charge in [0.25, 0.3) is 5.91 Å². The van der Waals surface area contributed by atoms with Crippen LogP contribution in [0.5, 0.6) is 5.75 Å². The van der Waals surface area contributed by atoms with Crippen molar-refractivity contribution in [3.63, 3.8) is 0 Å². The molecule has 0 saturated heterocycles. The van der Waals surface area contributed by atoms with Gasteiger partial charge in [-0.15, -0.1) is 0 Å². The van der Waals surface area contributed by atoms with Crippen LogP contribution in [0.3, 0.4) is 0 Å². The van der Waals surface area contributed by atoms with E-state index in [2.05, 4.69) is 26.0 Å². The summed E-state index contributed by atoms with van der Waals surface area (Å²) in [6.45, 7) is 0.956. The number of hydrogen-bond acceptors (Lipinski definition) is 5. The SMILES string of the molecule is COC(=O)[C@H](CO)NC(=O)[C@H](C)Oc1ccc(Cl)cc1Br. The van der Waals surface area contributed by atoms with Gasteiger partial charge >= 0.3 is 5.97 Å². The molecule has 0 saturated carbocycles. The second-order valence-corrected chi connectivity index (χ2v) is 5.39. The Morgan fingerprint density at radius 2 is 2.14 bits per heavy atom. The van der Waals surface area contributed by atoms with Crippen molar-refractivity contribution in [2.24, 2.45) is 0 Å². The molecule has 116 valence electrons. The van der Waals surface area contributed by atoms with Crippen LogP contribution in [0.2, 0.25) is 5.02 Å². The highest BCUT2D eigenvalue weighted by Gasteiger charge is 2.24. The largest absolute Gasteiger partial charge is 0.480 e. The molecular formula is C13H15BrClNO5.